The van der Waals surface area contributed by atoms with Crippen LogP contribution in [0.4, 0.5) is 5.69 Å². The normalized spacial score (nSPS) is 11.5. The summed E-state index contributed by atoms with van der Waals surface area (Å²) in [7, 11) is 1.72. The lowest BCUT2D eigenvalue weighted by Gasteiger charge is -2.23. The highest BCUT2D eigenvalue weighted by atomic mass is 16.5. The van der Waals surface area contributed by atoms with Crippen molar-refractivity contribution in [2.45, 2.75) is 45.8 Å². The van der Waals surface area contributed by atoms with E-state index in [0.717, 1.165) is 18.7 Å². The summed E-state index contributed by atoms with van der Waals surface area (Å²) in [6.45, 7) is 8.86. The lowest BCUT2D eigenvalue weighted by atomic mass is 10.1. The maximum absolute atomic E-state index is 11.8. The minimum atomic E-state index is -0.121. The third-order valence-electron chi connectivity index (χ3n) is 3.18. The molecule has 20 heavy (non-hydrogen) atoms. The number of nitrogens with one attached hydrogen (secondary N) is 2. The van der Waals surface area contributed by atoms with Crippen LogP contribution in [-0.2, 0) is 4.74 Å². The van der Waals surface area contributed by atoms with Crippen molar-refractivity contribution < 1.29 is 9.53 Å². The Morgan fingerprint density at radius 1 is 1.25 bits per heavy atom. The minimum Gasteiger partial charge on any atom is -0.385 e. The Morgan fingerprint density at radius 3 is 2.35 bits per heavy atom. The van der Waals surface area contributed by atoms with E-state index in [1.54, 1.807) is 7.11 Å². The molecular formula is C16H26N2O2. The van der Waals surface area contributed by atoms with Gasteiger partial charge in [-0.2, -0.15) is 0 Å². The molecule has 0 saturated heterocycles. The lowest BCUT2D eigenvalue weighted by Crippen LogP contribution is -2.30. The van der Waals surface area contributed by atoms with Gasteiger partial charge in [0.05, 0.1) is 5.60 Å². The Morgan fingerprint density at radius 2 is 1.85 bits per heavy atom. The van der Waals surface area contributed by atoms with E-state index in [1.165, 1.54) is 0 Å². The molecule has 4 nitrogen and oxygen atoms in total. The monoisotopic (exact) mass is 278 g/mol. The third kappa shape index (κ3) is 5.61. The van der Waals surface area contributed by atoms with Crippen molar-refractivity contribution in [2.75, 3.05) is 19.0 Å². The van der Waals surface area contributed by atoms with E-state index in [9.17, 15) is 4.79 Å². The molecule has 1 rings (SSSR count). The number of ether oxygens (including phenoxy) is 1. The highest BCUT2D eigenvalue weighted by molar-refractivity contribution is 5.94. The zero-order valence-corrected chi connectivity index (χ0v) is 13.1. The van der Waals surface area contributed by atoms with Crippen molar-refractivity contribution in [3.05, 3.63) is 29.8 Å². The first-order chi connectivity index (χ1) is 9.34. The summed E-state index contributed by atoms with van der Waals surface area (Å²) in [4.78, 5) is 11.8. The van der Waals surface area contributed by atoms with Gasteiger partial charge in [0.2, 0.25) is 0 Å². The lowest BCUT2D eigenvalue weighted by molar-refractivity contribution is 0.0185. The van der Waals surface area contributed by atoms with Gasteiger partial charge in [0, 0.05) is 30.9 Å². The first-order valence-corrected chi connectivity index (χ1v) is 7.04. The average Bonchev–Trinajstić information content (AvgIpc) is 2.38. The molecule has 0 aliphatic rings. The third-order valence-corrected chi connectivity index (χ3v) is 3.18. The minimum absolute atomic E-state index is 0.0351. The second-order valence-corrected chi connectivity index (χ2v) is 5.85. The largest absolute Gasteiger partial charge is 0.385 e. The first kappa shape index (κ1) is 16.5. The van der Waals surface area contributed by atoms with Crippen molar-refractivity contribution in [1.82, 2.24) is 5.32 Å². The number of carbonyl (C=O) groups is 1. The van der Waals surface area contributed by atoms with Crippen LogP contribution in [-0.4, -0.2) is 31.2 Å². The molecule has 0 fully saturated rings. The Balaban J connectivity index is 2.49. The first-order valence-electron chi connectivity index (χ1n) is 7.04. The van der Waals surface area contributed by atoms with Crippen LogP contribution in [0.2, 0.25) is 0 Å². The van der Waals surface area contributed by atoms with Crippen LogP contribution in [0.25, 0.3) is 0 Å². The predicted molar refractivity (Wildman–Crippen MR) is 83.2 cm³/mol. The van der Waals surface area contributed by atoms with Crippen LogP contribution in [0.15, 0.2) is 24.3 Å². The molecule has 0 aliphatic heterocycles. The molecule has 0 unspecified atom stereocenters. The number of rotatable bonds is 7. The van der Waals surface area contributed by atoms with Crippen molar-refractivity contribution in [2.24, 2.45) is 0 Å². The van der Waals surface area contributed by atoms with Gasteiger partial charge in [0.15, 0.2) is 0 Å². The van der Waals surface area contributed by atoms with Gasteiger partial charge in [-0.15, -0.1) is 0 Å². The smallest absolute Gasteiger partial charge is 0.251 e. The van der Waals surface area contributed by atoms with E-state index in [4.69, 9.17) is 4.74 Å². The fraction of sp³-hybridized carbons (Fsp3) is 0.562. The summed E-state index contributed by atoms with van der Waals surface area (Å²) >= 11 is 0. The molecule has 0 saturated carbocycles. The second kappa shape index (κ2) is 7.29. The molecule has 1 aromatic carbocycles. The van der Waals surface area contributed by atoms with Crippen LogP contribution in [0.5, 0.6) is 0 Å². The maximum atomic E-state index is 11.8. The van der Waals surface area contributed by atoms with Gasteiger partial charge in [-0.3, -0.25) is 4.79 Å². The van der Waals surface area contributed by atoms with Gasteiger partial charge in [-0.05, 0) is 58.4 Å². The number of hydrogen-bond acceptors (Lipinski definition) is 3. The van der Waals surface area contributed by atoms with Gasteiger partial charge < -0.3 is 15.4 Å². The number of carbonyl (C=O) groups excluding carboxylic acids is 1. The Labute approximate surface area is 121 Å². The van der Waals surface area contributed by atoms with E-state index in [0.29, 0.717) is 5.56 Å². The van der Waals surface area contributed by atoms with Crippen LogP contribution in [0, 0.1) is 0 Å². The molecule has 0 aromatic heterocycles. The summed E-state index contributed by atoms with van der Waals surface area (Å²) in [6.07, 6.45) is 0.916. The Bertz CT molecular complexity index is 425. The van der Waals surface area contributed by atoms with Gasteiger partial charge in [0.1, 0.15) is 0 Å². The van der Waals surface area contributed by atoms with E-state index in [2.05, 4.69) is 24.5 Å². The summed E-state index contributed by atoms with van der Waals surface area (Å²) in [5.41, 5.74) is 1.57. The molecule has 0 atom stereocenters. The molecule has 0 spiro atoms. The molecule has 1 aromatic rings. The second-order valence-electron chi connectivity index (χ2n) is 5.85. The zero-order chi connectivity index (χ0) is 15.2. The number of hydrogen-bond donors (Lipinski definition) is 2. The maximum Gasteiger partial charge on any atom is 0.251 e. The van der Waals surface area contributed by atoms with Crippen LogP contribution >= 0.6 is 0 Å². The van der Waals surface area contributed by atoms with Crippen LogP contribution in [0.1, 0.15) is 44.5 Å². The summed E-state index contributed by atoms with van der Waals surface area (Å²) < 4.78 is 5.37. The summed E-state index contributed by atoms with van der Waals surface area (Å²) in [6, 6.07) is 7.67. The van der Waals surface area contributed by atoms with E-state index in [-0.39, 0.29) is 17.6 Å². The van der Waals surface area contributed by atoms with E-state index in [1.807, 2.05) is 38.1 Å². The average molecular weight is 278 g/mol. The van der Waals surface area contributed by atoms with E-state index >= 15 is 0 Å². The Kier molecular flexibility index (Phi) is 6.02. The van der Waals surface area contributed by atoms with Crippen molar-refractivity contribution in [1.29, 1.82) is 0 Å². The van der Waals surface area contributed by atoms with Gasteiger partial charge in [-0.1, -0.05) is 0 Å². The van der Waals surface area contributed by atoms with Gasteiger partial charge in [0.25, 0.3) is 5.91 Å². The van der Waals surface area contributed by atoms with Crippen LogP contribution in [0.3, 0.4) is 0 Å². The quantitative estimate of drug-likeness (QED) is 0.806. The molecular weight excluding hydrogens is 252 g/mol. The standard InChI is InChI=1S/C16H26N2O2/c1-12(2)18-15(19)13-6-8-14(9-7-13)17-11-10-16(3,4)20-5/h6-9,12,17H,10-11H2,1-5H3,(H,18,19). The summed E-state index contributed by atoms with van der Waals surface area (Å²) in [5.74, 6) is -0.0351. The zero-order valence-electron chi connectivity index (χ0n) is 13.1. The molecule has 0 aliphatic carbocycles. The van der Waals surface area contributed by atoms with Crippen LogP contribution < -0.4 is 10.6 Å². The molecule has 0 radical (unpaired) electrons. The SMILES string of the molecule is COC(C)(C)CCNc1ccc(C(=O)NC(C)C)cc1. The molecule has 112 valence electrons. The Hall–Kier alpha value is -1.55. The molecule has 0 heterocycles. The fourth-order valence-corrected chi connectivity index (χ4v) is 1.69. The fourth-order valence-electron chi connectivity index (χ4n) is 1.69. The highest BCUT2D eigenvalue weighted by Crippen LogP contribution is 2.14. The summed E-state index contributed by atoms with van der Waals surface area (Å²) in [5, 5.41) is 6.20. The molecule has 4 heteroatoms. The predicted octanol–water partition coefficient (Wildman–Crippen LogP) is 3.05. The number of benzene rings is 1. The number of anilines is 1. The molecule has 1 amide bonds. The molecule has 2 N–H and O–H groups in total. The topological polar surface area (TPSA) is 50.4 Å². The number of amides is 1. The van der Waals surface area contributed by atoms with E-state index < -0.39 is 0 Å². The molecule has 0 bridgehead atoms. The van der Waals surface area contributed by atoms with Crippen molar-refractivity contribution in [3.63, 3.8) is 0 Å². The highest BCUT2D eigenvalue weighted by Gasteiger charge is 2.15. The van der Waals surface area contributed by atoms with Crippen molar-refractivity contribution >= 4 is 11.6 Å². The number of methoxy groups -OCH3 is 1. The van der Waals surface area contributed by atoms with Gasteiger partial charge in [-0.25, -0.2) is 0 Å². The van der Waals surface area contributed by atoms with Crippen molar-refractivity contribution in [3.8, 4) is 0 Å². The van der Waals surface area contributed by atoms with Gasteiger partial charge >= 0.3 is 0 Å².